The maximum atomic E-state index is 12.3. The lowest BCUT2D eigenvalue weighted by molar-refractivity contribution is -0.273. The number of esters is 1. The lowest BCUT2D eigenvalue weighted by Gasteiger charge is -2.36. The van der Waals surface area contributed by atoms with E-state index in [-0.39, 0.29) is 30.5 Å². The maximum absolute atomic E-state index is 12.3. The summed E-state index contributed by atoms with van der Waals surface area (Å²) in [6.45, 7) is 10.6. The molecule has 1 saturated heterocycles. The minimum absolute atomic E-state index is 0.0123. The lowest BCUT2D eigenvalue weighted by atomic mass is 10.0. The maximum Gasteiger partial charge on any atom is 0.309 e. The third-order valence-corrected chi connectivity index (χ3v) is 6.41. The summed E-state index contributed by atoms with van der Waals surface area (Å²) in [7, 11) is 0. The molecule has 0 aromatic rings. The van der Waals surface area contributed by atoms with Crippen LogP contribution in [-0.2, 0) is 19.0 Å². The van der Waals surface area contributed by atoms with Gasteiger partial charge < -0.3 is 24.4 Å². The average molecular weight is 387 g/mol. The number of carbonyl (C=O) groups is 1. The van der Waals surface area contributed by atoms with Gasteiger partial charge >= 0.3 is 5.97 Å². The minimum Gasteiger partial charge on any atom is -0.465 e. The van der Waals surface area contributed by atoms with E-state index < -0.39 is 18.5 Å². The first-order valence-electron chi connectivity index (χ1n) is 10.6. The van der Waals surface area contributed by atoms with E-state index in [1.807, 2.05) is 6.92 Å². The van der Waals surface area contributed by atoms with Crippen LogP contribution in [0.2, 0.25) is 0 Å². The van der Waals surface area contributed by atoms with Crippen molar-refractivity contribution in [1.29, 1.82) is 0 Å². The molecule has 27 heavy (non-hydrogen) atoms. The second kappa shape index (κ2) is 10.2. The molecule has 1 heterocycles. The smallest absolute Gasteiger partial charge is 0.309 e. The van der Waals surface area contributed by atoms with Crippen LogP contribution >= 0.6 is 0 Å². The fraction of sp³-hybridized carbons (Fsp3) is 0.952. The summed E-state index contributed by atoms with van der Waals surface area (Å²) < 4.78 is 16.9. The van der Waals surface area contributed by atoms with Gasteiger partial charge in [-0.25, -0.2) is 0 Å². The summed E-state index contributed by atoms with van der Waals surface area (Å²) in [5.41, 5.74) is 0. The van der Waals surface area contributed by atoms with Gasteiger partial charge in [-0.3, -0.25) is 4.79 Å². The predicted molar refractivity (Wildman–Crippen MR) is 102 cm³/mol. The largest absolute Gasteiger partial charge is 0.465 e. The number of carbonyl (C=O) groups excluding carboxylic acids is 1. The van der Waals surface area contributed by atoms with Crippen LogP contribution in [0.25, 0.3) is 0 Å². The molecule has 6 heteroatoms. The van der Waals surface area contributed by atoms with Crippen LogP contribution in [0.1, 0.15) is 66.7 Å². The molecule has 6 nitrogen and oxygen atoms in total. The Morgan fingerprint density at radius 2 is 1.85 bits per heavy atom. The average Bonchev–Trinajstić information content (AvgIpc) is 3.28. The lowest BCUT2D eigenvalue weighted by Crippen LogP contribution is -2.48. The highest BCUT2D eigenvalue weighted by atomic mass is 16.7. The Labute approximate surface area is 163 Å². The monoisotopic (exact) mass is 386 g/mol. The van der Waals surface area contributed by atoms with Crippen molar-refractivity contribution in [3.05, 3.63) is 0 Å². The van der Waals surface area contributed by atoms with Crippen LogP contribution in [0.15, 0.2) is 0 Å². The standard InChI is InChI=1S/C21H38O6/c1-6-15(7-2)11-25-20(24)19-13(4)16(19)9-8-12(3)26-21-18(23)10-17(22)14(5)27-21/h12-19,21-23H,6-11H2,1-5H3. The highest BCUT2D eigenvalue weighted by Crippen LogP contribution is 2.50. The molecule has 8 atom stereocenters. The zero-order chi connectivity index (χ0) is 20.1. The minimum atomic E-state index is -0.814. The topological polar surface area (TPSA) is 85.2 Å². The fourth-order valence-corrected chi connectivity index (χ4v) is 3.99. The molecule has 2 N–H and O–H groups in total. The van der Waals surface area contributed by atoms with Gasteiger partial charge in [0.2, 0.25) is 0 Å². The summed E-state index contributed by atoms with van der Waals surface area (Å²) in [4.78, 5) is 12.3. The number of aliphatic hydroxyl groups is 2. The second-order valence-corrected chi connectivity index (χ2v) is 8.47. The van der Waals surface area contributed by atoms with Gasteiger partial charge in [-0.2, -0.15) is 0 Å². The summed E-state index contributed by atoms with van der Waals surface area (Å²) in [6.07, 6.45) is 1.44. The quantitative estimate of drug-likeness (QED) is 0.562. The zero-order valence-electron chi connectivity index (χ0n) is 17.5. The van der Waals surface area contributed by atoms with Gasteiger partial charge in [-0.05, 0) is 44.4 Å². The van der Waals surface area contributed by atoms with Crippen molar-refractivity contribution in [2.75, 3.05) is 6.61 Å². The van der Waals surface area contributed by atoms with Crippen molar-refractivity contribution in [1.82, 2.24) is 0 Å². The molecule has 158 valence electrons. The molecule has 8 unspecified atom stereocenters. The third-order valence-electron chi connectivity index (χ3n) is 6.41. The zero-order valence-corrected chi connectivity index (χ0v) is 17.5. The molecule has 2 rings (SSSR count). The Bertz CT molecular complexity index is 466. The molecule has 0 amide bonds. The van der Waals surface area contributed by atoms with Crippen molar-refractivity contribution >= 4 is 5.97 Å². The molecule has 1 saturated carbocycles. The second-order valence-electron chi connectivity index (χ2n) is 8.47. The van der Waals surface area contributed by atoms with Crippen LogP contribution < -0.4 is 0 Å². The van der Waals surface area contributed by atoms with Crippen molar-refractivity contribution in [2.24, 2.45) is 23.7 Å². The molecule has 0 aromatic heterocycles. The van der Waals surface area contributed by atoms with Crippen molar-refractivity contribution in [3.8, 4) is 0 Å². The Morgan fingerprint density at radius 1 is 1.19 bits per heavy atom. The SMILES string of the molecule is CCC(CC)COC(=O)C1C(C)C1CCC(C)OC1OC(C)C(O)CC1O. The Hall–Kier alpha value is -0.690. The molecular formula is C21H38O6. The van der Waals surface area contributed by atoms with E-state index in [0.29, 0.717) is 24.4 Å². The van der Waals surface area contributed by atoms with Gasteiger partial charge in [-0.15, -0.1) is 0 Å². The number of ether oxygens (including phenoxy) is 3. The number of aliphatic hydroxyl groups excluding tert-OH is 2. The Balaban J connectivity index is 1.69. The van der Waals surface area contributed by atoms with Crippen LogP contribution in [0.4, 0.5) is 0 Å². The normalized spacial score (nSPS) is 37.3. The van der Waals surface area contributed by atoms with E-state index >= 15 is 0 Å². The molecule has 1 aliphatic carbocycles. The molecule has 1 aliphatic heterocycles. The summed E-state index contributed by atoms with van der Waals surface area (Å²) in [6, 6.07) is 0. The van der Waals surface area contributed by atoms with E-state index in [2.05, 4.69) is 20.8 Å². The number of hydrogen-bond donors (Lipinski definition) is 2. The summed E-state index contributed by atoms with van der Waals surface area (Å²) >= 11 is 0. The van der Waals surface area contributed by atoms with Crippen molar-refractivity contribution in [3.63, 3.8) is 0 Å². The highest BCUT2D eigenvalue weighted by molar-refractivity contribution is 5.76. The van der Waals surface area contributed by atoms with Gasteiger partial charge in [0.25, 0.3) is 0 Å². The van der Waals surface area contributed by atoms with Gasteiger partial charge in [0, 0.05) is 6.42 Å². The van der Waals surface area contributed by atoms with E-state index in [4.69, 9.17) is 14.2 Å². The summed E-state index contributed by atoms with van der Waals surface area (Å²) in [5.74, 6) is 1.12. The van der Waals surface area contributed by atoms with Crippen LogP contribution in [0, 0.1) is 23.7 Å². The van der Waals surface area contributed by atoms with Crippen LogP contribution in [0.5, 0.6) is 0 Å². The van der Waals surface area contributed by atoms with Gasteiger partial charge in [0.05, 0.1) is 30.8 Å². The molecule has 0 bridgehead atoms. The molecular weight excluding hydrogens is 348 g/mol. The van der Waals surface area contributed by atoms with E-state index in [9.17, 15) is 15.0 Å². The fourth-order valence-electron chi connectivity index (χ4n) is 3.99. The first-order valence-corrected chi connectivity index (χ1v) is 10.6. The van der Waals surface area contributed by atoms with Gasteiger partial charge in [0.1, 0.15) is 6.10 Å². The third kappa shape index (κ3) is 6.14. The van der Waals surface area contributed by atoms with Gasteiger partial charge in [0.15, 0.2) is 6.29 Å². The molecule has 2 aliphatic rings. The predicted octanol–water partition coefficient (Wildman–Crippen LogP) is 2.89. The van der Waals surface area contributed by atoms with Crippen molar-refractivity contribution in [2.45, 2.75) is 97.4 Å². The highest BCUT2D eigenvalue weighted by Gasteiger charge is 2.52. The first-order chi connectivity index (χ1) is 12.8. The van der Waals surface area contributed by atoms with Crippen LogP contribution in [0.3, 0.4) is 0 Å². The van der Waals surface area contributed by atoms with E-state index in [0.717, 1.165) is 25.7 Å². The molecule has 0 aromatic carbocycles. The molecule has 2 fully saturated rings. The van der Waals surface area contributed by atoms with E-state index in [1.54, 1.807) is 6.92 Å². The summed E-state index contributed by atoms with van der Waals surface area (Å²) in [5, 5.41) is 19.7. The van der Waals surface area contributed by atoms with E-state index in [1.165, 1.54) is 0 Å². The molecule has 0 spiro atoms. The Kier molecular flexibility index (Phi) is 8.53. The number of rotatable bonds is 10. The first kappa shape index (κ1) is 22.6. The number of hydrogen-bond acceptors (Lipinski definition) is 6. The van der Waals surface area contributed by atoms with Gasteiger partial charge in [-0.1, -0.05) is 33.6 Å². The Morgan fingerprint density at radius 3 is 2.48 bits per heavy atom. The molecule has 0 radical (unpaired) electrons. The van der Waals surface area contributed by atoms with Crippen molar-refractivity contribution < 1.29 is 29.2 Å². The van der Waals surface area contributed by atoms with Crippen LogP contribution in [-0.4, -0.2) is 53.5 Å².